The molecule has 0 aromatic heterocycles. The van der Waals surface area contributed by atoms with E-state index in [2.05, 4.69) is 18.7 Å². The fourth-order valence-electron chi connectivity index (χ4n) is 3.92. The van der Waals surface area contributed by atoms with E-state index in [-0.39, 0.29) is 0 Å². The van der Waals surface area contributed by atoms with Crippen LogP contribution >= 0.6 is 0 Å². The Labute approximate surface area is 113 Å². The second kappa shape index (κ2) is 6.38. The summed E-state index contributed by atoms with van der Waals surface area (Å²) >= 11 is 0. The predicted octanol–water partition coefficient (Wildman–Crippen LogP) is 3.41. The lowest BCUT2D eigenvalue weighted by atomic mass is 9.73. The molecule has 2 aliphatic rings. The zero-order valence-electron chi connectivity index (χ0n) is 12.5. The molecule has 0 aliphatic heterocycles. The summed E-state index contributed by atoms with van der Waals surface area (Å²) in [5.74, 6) is 1.93. The Balaban J connectivity index is 1.95. The van der Waals surface area contributed by atoms with Crippen molar-refractivity contribution in [3.63, 3.8) is 0 Å². The maximum absolute atomic E-state index is 6.20. The van der Waals surface area contributed by atoms with Gasteiger partial charge in [-0.15, -0.1) is 0 Å². The highest BCUT2D eigenvalue weighted by molar-refractivity contribution is 4.96. The van der Waals surface area contributed by atoms with Gasteiger partial charge in [-0.1, -0.05) is 26.7 Å². The molecule has 2 N–H and O–H groups in total. The number of hydrogen-bond acceptors (Lipinski definition) is 2. The minimum absolute atomic E-state index is 0.343. The zero-order valence-corrected chi connectivity index (χ0v) is 12.5. The number of nitrogens with two attached hydrogens (primary N) is 1. The summed E-state index contributed by atoms with van der Waals surface area (Å²) in [7, 11) is 0. The van der Waals surface area contributed by atoms with Gasteiger partial charge in [-0.2, -0.15) is 0 Å². The summed E-state index contributed by atoms with van der Waals surface area (Å²) in [6, 6.07) is 0. The quantitative estimate of drug-likeness (QED) is 0.785. The molecular weight excluding hydrogens is 220 g/mol. The van der Waals surface area contributed by atoms with E-state index in [4.69, 9.17) is 5.73 Å². The van der Waals surface area contributed by atoms with Gasteiger partial charge in [-0.3, -0.25) is 4.90 Å². The largest absolute Gasteiger partial charge is 0.329 e. The van der Waals surface area contributed by atoms with Gasteiger partial charge in [-0.05, 0) is 56.9 Å². The van der Waals surface area contributed by atoms with Crippen molar-refractivity contribution in [1.29, 1.82) is 0 Å². The first-order valence-electron chi connectivity index (χ1n) is 8.19. The molecule has 0 spiro atoms. The van der Waals surface area contributed by atoms with E-state index in [1.165, 1.54) is 64.5 Å². The molecule has 106 valence electrons. The third-order valence-corrected chi connectivity index (χ3v) is 5.75. The normalized spacial score (nSPS) is 33.7. The average molecular weight is 252 g/mol. The van der Waals surface area contributed by atoms with Crippen LogP contribution in [0.4, 0.5) is 0 Å². The number of rotatable bonds is 6. The molecule has 2 rings (SSSR count). The van der Waals surface area contributed by atoms with Crippen molar-refractivity contribution >= 4 is 0 Å². The van der Waals surface area contributed by atoms with Crippen LogP contribution in [-0.4, -0.2) is 30.1 Å². The summed E-state index contributed by atoms with van der Waals surface area (Å²) in [5.41, 5.74) is 6.54. The second-order valence-electron chi connectivity index (χ2n) is 6.62. The summed E-state index contributed by atoms with van der Waals surface area (Å²) in [6.45, 7) is 8.02. The Hall–Kier alpha value is -0.0800. The molecule has 18 heavy (non-hydrogen) atoms. The predicted molar refractivity (Wildman–Crippen MR) is 78.6 cm³/mol. The van der Waals surface area contributed by atoms with Gasteiger partial charge in [0.05, 0.1) is 0 Å². The van der Waals surface area contributed by atoms with Crippen molar-refractivity contribution in [3.8, 4) is 0 Å². The van der Waals surface area contributed by atoms with Crippen LogP contribution in [0.15, 0.2) is 0 Å². The van der Waals surface area contributed by atoms with Gasteiger partial charge in [0.15, 0.2) is 0 Å². The van der Waals surface area contributed by atoms with Gasteiger partial charge in [0.2, 0.25) is 0 Å². The monoisotopic (exact) mass is 252 g/mol. The minimum atomic E-state index is 0.343. The lowest BCUT2D eigenvalue weighted by Crippen LogP contribution is -2.57. The van der Waals surface area contributed by atoms with Gasteiger partial charge in [0.1, 0.15) is 0 Å². The van der Waals surface area contributed by atoms with Crippen molar-refractivity contribution in [2.75, 3.05) is 19.6 Å². The van der Waals surface area contributed by atoms with Crippen LogP contribution in [0, 0.1) is 11.8 Å². The third-order valence-electron chi connectivity index (χ3n) is 5.75. The molecule has 2 nitrogen and oxygen atoms in total. The van der Waals surface area contributed by atoms with Crippen LogP contribution in [-0.2, 0) is 0 Å². The number of nitrogens with zero attached hydrogens (tertiary/aromatic N) is 1. The number of hydrogen-bond donors (Lipinski definition) is 1. The van der Waals surface area contributed by atoms with Crippen molar-refractivity contribution < 1.29 is 0 Å². The Morgan fingerprint density at radius 3 is 2.11 bits per heavy atom. The molecular formula is C16H32N2. The molecule has 0 amide bonds. The van der Waals surface area contributed by atoms with E-state index >= 15 is 0 Å². The van der Waals surface area contributed by atoms with Gasteiger partial charge >= 0.3 is 0 Å². The van der Waals surface area contributed by atoms with Crippen LogP contribution in [0.2, 0.25) is 0 Å². The molecule has 0 heterocycles. The molecule has 0 aromatic carbocycles. The average Bonchev–Trinajstić information content (AvgIpc) is 2.38. The molecule has 0 radical (unpaired) electrons. The van der Waals surface area contributed by atoms with Crippen LogP contribution in [0.1, 0.15) is 65.2 Å². The van der Waals surface area contributed by atoms with Crippen molar-refractivity contribution in [2.45, 2.75) is 70.8 Å². The molecule has 0 saturated heterocycles. The lowest BCUT2D eigenvalue weighted by molar-refractivity contribution is 0.0224. The Morgan fingerprint density at radius 2 is 1.72 bits per heavy atom. The van der Waals surface area contributed by atoms with Crippen LogP contribution < -0.4 is 5.73 Å². The fourth-order valence-corrected chi connectivity index (χ4v) is 3.92. The van der Waals surface area contributed by atoms with Gasteiger partial charge < -0.3 is 5.73 Å². The number of likely N-dealkylation sites (N-methyl/N-ethyl adjacent to an activating group) is 1. The van der Waals surface area contributed by atoms with E-state index in [0.717, 1.165) is 18.4 Å². The highest BCUT2D eigenvalue weighted by Crippen LogP contribution is 2.39. The van der Waals surface area contributed by atoms with Gasteiger partial charge in [-0.25, -0.2) is 0 Å². The van der Waals surface area contributed by atoms with Gasteiger partial charge in [0.25, 0.3) is 0 Å². The van der Waals surface area contributed by atoms with E-state index in [0.29, 0.717) is 5.54 Å². The first-order chi connectivity index (χ1) is 8.74. The van der Waals surface area contributed by atoms with Crippen LogP contribution in [0.3, 0.4) is 0 Å². The van der Waals surface area contributed by atoms with E-state index in [9.17, 15) is 0 Å². The van der Waals surface area contributed by atoms with E-state index in [1.54, 1.807) is 0 Å². The standard InChI is InChI=1S/C16H32N2/c1-3-14-8-10-16(13-17,11-9-14)18(4-2)12-15-6-5-7-15/h14-15H,3-13,17H2,1-2H3. The highest BCUT2D eigenvalue weighted by Gasteiger charge is 2.39. The fraction of sp³-hybridized carbons (Fsp3) is 1.00. The topological polar surface area (TPSA) is 29.3 Å². The second-order valence-corrected chi connectivity index (χ2v) is 6.62. The third kappa shape index (κ3) is 2.91. The molecule has 0 aromatic rings. The first-order valence-corrected chi connectivity index (χ1v) is 8.19. The summed E-state index contributed by atoms with van der Waals surface area (Å²) in [5, 5.41) is 0. The summed E-state index contributed by atoms with van der Waals surface area (Å²) < 4.78 is 0. The van der Waals surface area contributed by atoms with Gasteiger partial charge in [0, 0.05) is 18.6 Å². The molecule has 0 bridgehead atoms. The molecule has 0 unspecified atom stereocenters. The van der Waals surface area contributed by atoms with Crippen molar-refractivity contribution in [2.24, 2.45) is 17.6 Å². The molecule has 2 aliphatic carbocycles. The van der Waals surface area contributed by atoms with Crippen molar-refractivity contribution in [3.05, 3.63) is 0 Å². The SMILES string of the molecule is CCC1CCC(CN)(N(CC)CC2CCC2)CC1. The Bertz CT molecular complexity index is 239. The first kappa shape index (κ1) is 14.3. The summed E-state index contributed by atoms with van der Waals surface area (Å²) in [6.07, 6.45) is 11.2. The molecule has 2 fully saturated rings. The zero-order chi connectivity index (χ0) is 13.0. The van der Waals surface area contributed by atoms with Crippen LogP contribution in [0.25, 0.3) is 0 Å². The van der Waals surface area contributed by atoms with E-state index in [1.807, 2.05) is 0 Å². The highest BCUT2D eigenvalue weighted by atomic mass is 15.2. The Kier molecular flexibility index (Phi) is 5.08. The maximum atomic E-state index is 6.20. The minimum Gasteiger partial charge on any atom is -0.329 e. The molecule has 0 atom stereocenters. The molecule has 2 saturated carbocycles. The lowest BCUT2D eigenvalue weighted by Gasteiger charge is -2.49. The maximum Gasteiger partial charge on any atom is 0.0331 e. The van der Waals surface area contributed by atoms with Crippen molar-refractivity contribution in [1.82, 2.24) is 4.90 Å². The van der Waals surface area contributed by atoms with E-state index < -0.39 is 0 Å². The summed E-state index contributed by atoms with van der Waals surface area (Å²) in [4.78, 5) is 2.74. The van der Waals surface area contributed by atoms with Crippen LogP contribution in [0.5, 0.6) is 0 Å². The Morgan fingerprint density at radius 1 is 1.06 bits per heavy atom. The molecule has 2 heteroatoms. The smallest absolute Gasteiger partial charge is 0.0331 e.